The van der Waals surface area contributed by atoms with Crippen LogP contribution in [0.25, 0.3) is 0 Å². The van der Waals surface area contributed by atoms with E-state index in [0.717, 1.165) is 0 Å². The van der Waals surface area contributed by atoms with Crippen LogP contribution in [0.2, 0.25) is 0 Å². The molecular weight excluding hydrogens is 362 g/mol. The van der Waals surface area contributed by atoms with Gasteiger partial charge in [0.2, 0.25) is 0 Å². The van der Waals surface area contributed by atoms with Gasteiger partial charge in [-0.15, -0.1) is 0 Å². The van der Waals surface area contributed by atoms with Crippen LogP contribution in [0, 0.1) is 0 Å². The zero-order valence-electron chi connectivity index (χ0n) is 5.14. The van der Waals surface area contributed by atoms with Crippen molar-refractivity contribution in [1.82, 2.24) is 0 Å². The molecule has 2 unspecified atom stereocenters. The van der Waals surface area contributed by atoms with Crippen LogP contribution in [-0.2, 0) is 14.3 Å². The number of hydrogen-bond donors (Lipinski definition) is 0. The minimum atomic E-state index is -0.364. The molecule has 2 atom stereocenters. The number of carbonyl (C=O) groups is 2. The average molecular weight is 367 g/mol. The molecule has 1 rings (SSSR count). The van der Waals surface area contributed by atoms with E-state index in [1.165, 1.54) is 0 Å². The summed E-state index contributed by atoms with van der Waals surface area (Å²) in [6.45, 7) is 0. The van der Waals surface area contributed by atoms with Crippen molar-refractivity contribution in [3.8, 4) is 0 Å². The Kier molecular flexibility index (Phi) is 2.90. The minimum absolute atomic E-state index is 0.105. The second-order valence-corrected chi connectivity index (χ2v) is 5.69. The molecule has 10 heavy (non-hydrogen) atoms. The number of ether oxygens (including phenoxy) is 1. The fourth-order valence-corrected chi connectivity index (χ4v) is 4.46. The van der Waals surface area contributed by atoms with Gasteiger partial charge < -0.3 is 0 Å². The van der Waals surface area contributed by atoms with Gasteiger partial charge in [0, 0.05) is 0 Å². The van der Waals surface area contributed by atoms with E-state index in [9.17, 15) is 9.59 Å². The van der Waals surface area contributed by atoms with Gasteiger partial charge in [-0.1, -0.05) is 0 Å². The Morgan fingerprint density at radius 3 is 2.30 bits per heavy atom. The Morgan fingerprint density at radius 1 is 1.50 bits per heavy atom. The molecule has 0 aromatic carbocycles. The molecule has 0 radical (unpaired) electrons. The normalized spacial score (nSPS) is 33.0. The predicted molar refractivity (Wildman–Crippen MR) is 38.6 cm³/mol. The average Bonchev–Trinajstić information content (AvgIpc) is 2.09. The third-order valence-corrected chi connectivity index (χ3v) is 6.32. The molecule has 1 heterocycles. The molecule has 1 aliphatic rings. The van der Waals surface area contributed by atoms with Crippen LogP contribution in [-0.4, -0.2) is 24.7 Å². The first kappa shape index (κ1) is 8.69. The molecule has 0 aromatic rings. The zero-order valence-corrected chi connectivity index (χ0v) is 9.45. The van der Waals surface area contributed by atoms with Crippen LogP contribution in [0.5, 0.6) is 0 Å². The summed E-state index contributed by atoms with van der Waals surface area (Å²) in [5, 5.41) is 0. The van der Waals surface area contributed by atoms with Gasteiger partial charge in [0.1, 0.15) is 0 Å². The van der Waals surface area contributed by atoms with Crippen molar-refractivity contribution < 1.29 is 35.5 Å². The van der Waals surface area contributed by atoms with Gasteiger partial charge in [-0.2, -0.15) is 0 Å². The van der Waals surface area contributed by atoms with E-state index in [2.05, 4.69) is 4.74 Å². The molecule has 0 saturated carbocycles. The summed E-state index contributed by atoms with van der Waals surface area (Å²) in [4.78, 5) is 23.5. The van der Waals surface area contributed by atoms with Gasteiger partial charge in [0.05, 0.1) is 0 Å². The quantitative estimate of drug-likeness (QED) is 0.214. The van der Waals surface area contributed by atoms with Crippen molar-refractivity contribution in [1.29, 1.82) is 0 Å². The Hall–Kier alpha value is 0.600. The van der Waals surface area contributed by atoms with Gasteiger partial charge in [0.25, 0.3) is 0 Å². The monoisotopic (exact) mass is 367 g/mol. The van der Waals surface area contributed by atoms with Gasteiger partial charge in [-0.3, -0.25) is 0 Å². The van der Waals surface area contributed by atoms with Gasteiger partial charge >= 0.3 is 82.8 Å². The molecule has 1 saturated heterocycles. The standard InChI is InChI=1S/C5H5I2O3/c1-7-3-2(6)4(8)10-5(3)9/h2-3H,1H3/q-1. The number of carbonyl (C=O) groups excluding carboxylic acids is 2. The molecule has 0 spiro atoms. The summed E-state index contributed by atoms with van der Waals surface area (Å²) >= 11 is 1.76. The van der Waals surface area contributed by atoms with Crippen molar-refractivity contribution in [3.63, 3.8) is 0 Å². The third kappa shape index (κ3) is 1.44. The number of cyclic esters (lactones) is 2. The SMILES string of the molecule is C[I-]C1C(=O)OC(=O)C1I. The van der Waals surface area contributed by atoms with E-state index in [-0.39, 0.29) is 41.0 Å². The number of esters is 2. The van der Waals surface area contributed by atoms with Crippen LogP contribution >= 0.6 is 22.6 Å². The molecule has 1 aliphatic heterocycles. The fourth-order valence-electron chi connectivity index (χ4n) is 0.650. The Labute approximate surface area is 82.3 Å². The predicted octanol–water partition coefficient (Wildman–Crippen LogP) is -3.04. The molecular formula is C5H5I2O3-. The van der Waals surface area contributed by atoms with E-state index in [4.69, 9.17) is 0 Å². The van der Waals surface area contributed by atoms with E-state index >= 15 is 0 Å². The van der Waals surface area contributed by atoms with Crippen molar-refractivity contribution in [2.75, 3.05) is 4.93 Å². The van der Waals surface area contributed by atoms with E-state index in [1.807, 2.05) is 27.5 Å². The summed E-state index contributed by atoms with van der Waals surface area (Å²) in [5.74, 6) is -0.683. The Balaban J connectivity index is 2.73. The summed E-state index contributed by atoms with van der Waals surface area (Å²) in [7, 11) is 0. The molecule has 0 bridgehead atoms. The van der Waals surface area contributed by atoms with Gasteiger partial charge in [-0.05, 0) is 0 Å². The number of hydrogen-bond acceptors (Lipinski definition) is 3. The second-order valence-electron chi connectivity index (χ2n) is 1.76. The number of halogens is 2. The molecule has 0 aliphatic carbocycles. The van der Waals surface area contributed by atoms with Crippen LogP contribution in [0.1, 0.15) is 0 Å². The second kappa shape index (κ2) is 3.33. The van der Waals surface area contributed by atoms with E-state index in [1.54, 1.807) is 0 Å². The third-order valence-electron chi connectivity index (χ3n) is 1.14. The Morgan fingerprint density at radius 2 is 2.10 bits per heavy atom. The molecule has 0 amide bonds. The zero-order chi connectivity index (χ0) is 7.72. The van der Waals surface area contributed by atoms with E-state index in [0.29, 0.717) is 0 Å². The van der Waals surface area contributed by atoms with Crippen molar-refractivity contribution in [2.45, 2.75) is 7.85 Å². The van der Waals surface area contributed by atoms with Crippen molar-refractivity contribution in [2.24, 2.45) is 0 Å². The molecule has 1 fully saturated rings. The van der Waals surface area contributed by atoms with E-state index < -0.39 is 0 Å². The summed E-state index contributed by atoms with van der Waals surface area (Å²) < 4.78 is 4.09. The molecule has 0 aromatic heterocycles. The first-order valence-corrected chi connectivity index (χ1v) is 7.19. The molecule has 0 N–H and O–H groups in total. The summed E-state index contributed by atoms with van der Waals surface area (Å²) in [6, 6.07) is 0. The van der Waals surface area contributed by atoms with Gasteiger partial charge in [0.15, 0.2) is 0 Å². The topological polar surface area (TPSA) is 43.4 Å². The maximum atomic E-state index is 10.8. The van der Waals surface area contributed by atoms with Crippen LogP contribution < -0.4 is 21.2 Å². The van der Waals surface area contributed by atoms with Crippen LogP contribution in [0.3, 0.4) is 0 Å². The Bertz CT molecular complexity index is 180. The van der Waals surface area contributed by atoms with Crippen LogP contribution in [0.4, 0.5) is 0 Å². The fraction of sp³-hybridized carbons (Fsp3) is 0.600. The molecule has 58 valence electrons. The molecule has 3 nitrogen and oxygen atoms in total. The summed E-state index contributed by atoms with van der Waals surface area (Å²) in [5.41, 5.74) is 0. The van der Waals surface area contributed by atoms with Crippen LogP contribution in [0.15, 0.2) is 0 Å². The molecule has 5 heteroatoms. The van der Waals surface area contributed by atoms with Crippen molar-refractivity contribution >= 4 is 34.5 Å². The first-order chi connectivity index (χ1) is 4.66. The number of rotatable bonds is 1. The summed E-state index contributed by atoms with van der Waals surface area (Å²) in [6.07, 6.45) is 0. The van der Waals surface area contributed by atoms with Gasteiger partial charge in [-0.25, -0.2) is 0 Å². The maximum absolute atomic E-state index is 10.8. The number of alkyl halides is 3. The first-order valence-electron chi connectivity index (χ1n) is 2.54. The van der Waals surface area contributed by atoms with Crippen molar-refractivity contribution in [3.05, 3.63) is 0 Å².